The summed E-state index contributed by atoms with van der Waals surface area (Å²) in [5, 5.41) is 11.6. The lowest BCUT2D eigenvalue weighted by Gasteiger charge is -1.97. The van der Waals surface area contributed by atoms with Gasteiger partial charge in [0.1, 0.15) is 5.56 Å². The van der Waals surface area contributed by atoms with Crippen LogP contribution in [0, 0.1) is 0 Å². The number of nitrogens with two attached hydrogens (primary N) is 2. The van der Waals surface area contributed by atoms with Gasteiger partial charge in [-0.15, -0.1) is 15.3 Å². The lowest BCUT2D eigenvalue weighted by molar-refractivity contribution is 0.100. The fourth-order valence-corrected chi connectivity index (χ4v) is 1.23. The van der Waals surface area contributed by atoms with Crippen molar-refractivity contribution < 1.29 is 4.79 Å². The highest BCUT2D eigenvalue weighted by Crippen LogP contribution is 2.12. The van der Waals surface area contributed by atoms with E-state index in [0.29, 0.717) is 5.82 Å². The summed E-state index contributed by atoms with van der Waals surface area (Å²) in [7, 11) is 0. The smallest absolute Gasteiger partial charge is 0.254 e. The zero-order chi connectivity index (χ0) is 11.7. The first-order valence-electron chi connectivity index (χ1n) is 4.22. The number of amides is 1. The molecule has 82 valence electrons. The Hall–Kier alpha value is -2.15. The molecule has 0 atom stereocenters. The summed E-state index contributed by atoms with van der Waals surface area (Å²) in [5.74, 6) is -0.210. The summed E-state index contributed by atoms with van der Waals surface area (Å²) in [5.41, 5.74) is 10.7. The monoisotopic (exact) mass is 238 g/mol. The highest BCUT2D eigenvalue weighted by atomic mass is 35.5. The first kappa shape index (κ1) is 10.4. The molecule has 0 aliphatic heterocycles. The standard InChI is InChI=1S/C8H7ClN6O/c9-5-1-2-6(13-12-5)15-3-4(8(11)16)7(10)14-15/h1-3H,(H2,10,14)(H2,11,16). The van der Waals surface area contributed by atoms with Crippen LogP contribution < -0.4 is 11.5 Å². The van der Waals surface area contributed by atoms with Crippen LogP contribution in [0.3, 0.4) is 0 Å². The van der Waals surface area contributed by atoms with E-state index in [1.807, 2.05) is 0 Å². The number of carbonyl (C=O) groups is 1. The van der Waals surface area contributed by atoms with E-state index in [9.17, 15) is 4.79 Å². The number of halogens is 1. The number of hydrogen-bond acceptors (Lipinski definition) is 5. The van der Waals surface area contributed by atoms with Crippen molar-refractivity contribution in [3.05, 3.63) is 29.0 Å². The molecule has 1 amide bonds. The van der Waals surface area contributed by atoms with Crippen LogP contribution in [-0.2, 0) is 0 Å². The van der Waals surface area contributed by atoms with Crippen LogP contribution in [0.5, 0.6) is 0 Å². The number of rotatable bonds is 2. The number of anilines is 1. The molecular formula is C8H7ClN6O. The highest BCUT2D eigenvalue weighted by Gasteiger charge is 2.12. The van der Waals surface area contributed by atoms with Crippen molar-refractivity contribution in [2.45, 2.75) is 0 Å². The average molecular weight is 239 g/mol. The van der Waals surface area contributed by atoms with Crippen molar-refractivity contribution >= 4 is 23.3 Å². The lowest BCUT2D eigenvalue weighted by Crippen LogP contribution is -2.11. The molecule has 0 fully saturated rings. The predicted molar refractivity (Wildman–Crippen MR) is 57.1 cm³/mol. The minimum atomic E-state index is -0.648. The molecule has 2 rings (SSSR count). The van der Waals surface area contributed by atoms with E-state index in [2.05, 4.69) is 15.3 Å². The second-order valence-corrected chi connectivity index (χ2v) is 3.34. The summed E-state index contributed by atoms with van der Waals surface area (Å²) in [4.78, 5) is 11.0. The minimum absolute atomic E-state index is 0.0456. The van der Waals surface area contributed by atoms with E-state index < -0.39 is 5.91 Å². The average Bonchev–Trinajstić information content (AvgIpc) is 2.61. The normalized spacial score (nSPS) is 10.3. The molecule has 2 heterocycles. The molecule has 8 heteroatoms. The van der Waals surface area contributed by atoms with E-state index in [-0.39, 0.29) is 16.5 Å². The Bertz CT molecular complexity index is 534. The van der Waals surface area contributed by atoms with E-state index >= 15 is 0 Å². The number of nitrogen functional groups attached to an aromatic ring is 1. The largest absolute Gasteiger partial charge is 0.382 e. The van der Waals surface area contributed by atoms with Crippen molar-refractivity contribution in [2.24, 2.45) is 5.73 Å². The van der Waals surface area contributed by atoms with Gasteiger partial charge in [-0.1, -0.05) is 11.6 Å². The summed E-state index contributed by atoms with van der Waals surface area (Å²) in [6.45, 7) is 0. The number of nitrogens with zero attached hydrogens (tertiary/aromatic N) is 4. The fourth-order valence-electron chi connectivity index (χ4n) is 1.13. The molecule has 0 aliphatic rings. The molecule has 16 heavy (non-hydrogen) atoms. The van der Waals surface area contributed by atoms with Crippen molar-refractivity contribution in [1.82, 2.24) is 20.0 Å². The van der Waals surface area contributed by atoms with Gasteiger partial charge in [-0.3, -0.25) is 4.79 Å². The topological polar surface area (TPSA) is 113 Å². The SMILES string of the molecule is NC(=O)c1cn(-c2ccc(Cl)nn2)nc1N. The lowest BCUT2D eigenvalue weighted by atomic mass is 10.3. The van der Waals surface area contributed by atoms with Gasteiger partial charge in [-0.2, -0.15) is 0 Å². The van der Waals surface area contributed by atoms with Gasteiger partial charge in [-0.05, 0) is 12.1 Å². The van der Waals surface area contributed by atoms with E-state index in [4.69, 9.17) is 23.1 Å². The minimum Gasteiger partial charge on any atom is -0.382 e. The van der Waals surface area contributed by atoms with Gasteiger partial charge in [0.2, 0.25) is 0 Å². The van der Waals surface area contributed by atoms with Gasteiger partial charge < -0.3 is 11.5 Å². The molecule has 0 bridgehead atoms. The molecule has 0 aromatic carbocycles. The van der Waals surface area contributed by atoms with Crippen LogP contribution >= 0.6 is 11.6 Å². The number of hydrogen-bond donors (Lipinski definition) is 2. The Balaban J connectivity index is 2.45. The summed E-state index contributed by atoms with van der Waals surface area (Å²) >= 11 is 5.58. The van der Waals surface area contributed by atoms with Gasteiger partial charge in [0.05, 0.1) is 0 Å². The van der Waals surface area contributed by atoms with Crippen molar-refractivity contribution in [3.63, 3.8) is 0 Å². The Morgan fingerprint density at radius 3 is 2.62 bits per heavy atom. The first-order valence-corrected chi connectivity index (χ1v) is 4.60. The van der Waals surface area contributed by atoms with Crippen molar-refractivity contribution in [2.75, 3.05) is 5.73 Å². The first-order chi connectivity index (χ1) is 7.58. The van der Waals surface area contributed by atoms with Crippen LogP contribution in [-0.4, -0.2) is 25.9 Å². The van der Waals surface area contributed by atoms with Gasteiger partial charge in [-0.25, -0.2) is 4.68 Å². The van der Waals surface area contributed by atoms with Crippen molar-refractivity contribution in [3.8, 4) is 5.82 Å². The third kappa shape index (κ3) is 1.80. The zero-order valence-electron chi connectivity index (χ0n) is 7.96. The van der Waals surface area contributed by atoms with E-state index in [1.165, 1.54) is 10.9 Å². The maximum atomic E-state index is 11.0. The molecule has 0 saturated heterocycles. The second kappa shape index (κ2) is 3.78. The van der Waals surface area contributed by atoms with E-state index in [0.717, 1.165) is 0 Å². The summed E-state index contributed by atoms with van der Waals surface area (Å²) in [6.07, 6.45) is 1.38. The van der Waals surface area contributed by atoms with Crippen LogP contribution in [0.1, 0.15) is 10.4 Å². The Morgan fingerprint density at radius 1 is 1.38 bits per heavy atom. The van der Waals surface area contributed by atoms with Gasteiger partial charge in [0.15, 0.2) is 16.8 Å². The second-order valence-electron chi connectivity index (χ2n) is 2.95. The molecule has 0 unspecified atom stereocenters. The molecule has 0 spiro atoms. The summed E-state index contributed by atoms with van der Waals surface area (Å²) < 4.78 is 1.30. The molecule has 2 aromatic heterocycles. The van der Waals surface area contributed by atoms with Gasteiger partial charge in [0, 0.05) is 6.20 Å². The fraction of sp³-hybridized carbons (Fsp3) is 0. The summed E-state index contributed by atoms with van der Waals surface area (Å²) in [6, 6.07) is 3.14. The van der Waals surface area contributed by atoms with E-state index in [1.54, 1.807) is 12.1 Å². The molecule has 2 aromatic rings. The Morgan fingerprint density at radius 2 is 2.12 bits per heavy atom. The van der Waals surface area contributed by atoms with Gasteiger partial charge >= 0.3 is 0 Å². The molecule has 0 aliphatic carbocycles. The molecule has 4 N–H and O–H groups in total. The quantitative estimate of drug-likeness (QED) is 0.764. The molecule has 0 saturated carbocycles. The predicted octanol–water partition coefficient (Wildman–Crippen LogP) is -0.00320. The third-order valence-corrected chi connectivity index (χ3v) is 2.06. The number of carbonyl (C=O) groups excluding carboxylic acids is 1. The highest BCUT2D eigenvalue weighted by molar-refractivity contribution is 6.29. The Kier molecular flexibility index (Phi) is 2.45. The number of aromatic nitrogens is 4. The van der Waals surface area contributed by atoms with Crippen molar-refractivity contribution in [1.29, 1.82) is 0 Å². The van der Waals surface area contributed by atoms with Crippen LogP contribution in [0.15, 0.2) is 18.3 Å². The van der Waals surface area contributed by atoms with Crippen LogP contribution in [0.4, 0.5) is 5.82 Å². The third-order valence-electron chi connectivity index (χ3n) is 1.86. The molecule has 0 radical (unpaired) electrons. The van der Waals surface area contributed by atoms with Gasteiger partial charge in [0.25, 0.3) is 5.91 Å². The zero-order valence-corrected chi connectivity index (χ0v) is 8.72. The van der Waals surface area contributed by atoms with Crippen LogP contribution in [0.2, 0.25) is 5.15 Å². The maximum Gasteiger partial charge on any atom is 0.254 e. The maximum absolute atomic E-state index is 11.0. The Labute approximate surface area is 95.0 Å². The molecule has 7 nitrogen and oxygen atoms in total. The number of primary amides is 1. The molecular weight excluding hydrogens is 232 g/mol. The van der Waals surface area contributed by atoms with Crippen LogP contribution in [0.25, 0.3) is 5.82 Å².